The monoisotopic (exact) mass is 300 g/mol. The lowest BCUT2D eigenvalue weighted by molar-refractivity contribution is 0.591. The van der Waals surface area contributed by atoms with Crippen molar-refractivity contribution in [3.05, 3.63) is 60.2 Å². The zero-order valence-corrected chi connectivity index (χ0v) is 12.5. The highest BCUT2D eigenvalue weighted by atomic mass is 32.2. The van der Waals surface area contributed by atoms with Crippen molar-refractivity contribution in [3.8, 4) is 6.07 Å². The van der Waals surface area contributed by atoms with Crippen LogP contribution in [-0.2, 0) is 10.0 Å². The summed E-state index contributed by atoms with van der Waals surface area (Å²) in [6.45, 7) is 2.08. The molecule has 0 spiro atoms. The maximum atomic E-state index is 12.7. The third-order valence-corrected chi connectivity index (χ3v) is 4.92. The van der Waals surface area contributed by atoms with Gasteiger partial charge in [0.25, 0.3) is 10.0 Å². The Balaban J connectivity index is 2.45. The number of anilines is 1. The van der Waals surface area contributed by atoms with E-state index in [1.165, 1.54) is 4.31 Å². The molecular formula is C16H16N2O2S. The van der Waals surface area contributed by atoms with Crippen LogP contribution in [0.15, 0.2) is 59.5 Å². The number of hydrogen-bond donors (Lipinski definition) is 0. The molecule has 0 fully saturated rings. The molecule has 2 aromatic rings. The molecule has 0 heterocycles. The van der Waals surface area contributed by atoms with E-state index < -0.39 is 10.0 Å². The molecular weight excluding hydrogens is 284 g/mol. The summed E-state index contributed by atoms with van der Waals surface area (Å²) in [6, 6.07) is 17.5. The number of aryl methyl sites for hydroxylation is 1. The molecule has 0 saturated heterocycles. The third kappa shape index (κ3) is 3.41. The van der Waals surface area contributed by atoms with Gasteiger partial charge in [0.15, 0.2) is 0 Å². The molecule has 5 heteroatoms. The summed E-state index contributed by atoms with van der Waals surface area (Å²) >= 11 is 0. The van der Waals surface area contributed by atoms with Gasteiger partial charge in [-0.15, -0.1) is 0 Å². The summed E-state index contributed by atoms with van der Waals surface area (Å²) in [7, 11) is -3.66. The van der Waals surface area contributed by atoms with Crippen molar-refractivity contribution >= 4 is 15.7 Å². The Labute approximate surface area is 125 Å². The van der Waals surface area contributed by atoms with Crippen LogP contribution in [0.25, 0.3) is 0 Å². The van der Waals surface area contributed by atoms with Crippen molar-refractivity contribution in [2.75, 3.05) is 10.8 Å². The second-order valence-corrected chi connectivity index (χ2v) is 6.50. The van der Waals surface area contributed by atoms with Gasteiger partial charge in [-0.25, -0.2) is 8.42 Å². The standard InChI is InChI=1S/C16H16N2O2S/c1-14-8-10-15(11-9-14)18(13-5-12-17)21(19,20)16-6-3-2-4-7-16/h2-4,6-11H,5,13H2,1H3. The van der Waals surface area contributed by atoms with Crippen molar-refractivity contribution < 1.29 is 8.42 Å². The summed E-state index contributed by atoms with van der Waals surface area (Å²) in [4.78, 5) is 0.225. The van der Waals surface area contributed by atoms with Gasteiger partial charge in [-0.05, 0) is 31.2 Å². The first-order valence-corrected chi connectivity index (χ1v) is 8.01. The molecule has 0 bridgehead atoms. The third-order valence-electron chi connectivity index (χ3n) is 3.08. The van der Waals surface area contributed by atoms with Crippen molar-refractivity contribution in [1.29, 1.82) is 5.26 Å². The van der Waals surface area contributed by atoms with Crippen LogP contribution >= 0.6 is 0 Å². The van der Waals surface area contributed by atoms with Crippen molar-refractivity contribution in [1.82, 2.24) is 0 Å². The van der Waals surface area contributed by atoms with Gasteiger partial charge in [-0.2, -0.15) is 5.26 Å². The molecule has 2 rings (SSSR count). The molecule has 0 aliphatic heterocycles. The molecule has 0 unspecified atom stereocenters. The lowest BCUT2D eigenvalue weighted by Crippen LogP contribution is -2.31. The van der Waals surface area contributed by atoms with Gasteiger partial charge in [0, 0.05) is 6.54 Å². The fraction of sp³-hybridized carbons (Fsp3) is 0.188. The number of nitriles is 1. The minimum absolute atomic E-state index is 0.136. The van der Waals surface area contributed by atoms with Crippen LogP contribution < -0.4 is 4.31 Å². The Morgan fingerprint density at radius 1 is 1.05 bits per heavy atom. The molecule has 0 aliphatic carbocycles. The summed E-state index contributed by atoms with van der Waals surface area (Å²) in [5.41, 5.74) is 1.62. The number of benzene rings is 2. The van der Waals surface area contributed by atoms with E-state index in [9.17, 15) is 8.42 Å². The van der Waals surface area contributed by atoms with E-state index in [-0.39, 0.29) is 17.9 Å². The fourth-order valence-corrected chi connectivity index (χ4v) is 3.46. The largest absolute Gasteiger partial charge is 0.265 e. The van der Waals surface area contributed by atoms with Crippen molar-refractivity contribution in [2.45, 2.75) is 18.2 Å². The first kappa shape index (κ1) is 15.1. The number of sulfonamides is 1. The number of hydrogen-bond acceptors (Lipinski definition) is 3. The van der Waals surface area contributed by atoms with Gasteiger partial charge in [0.2, 0.25) is 0 Å². The van der Waals surface area contributed by atoms with Crippen molar-refractivity contribution in [3.63, 3.8) is 0 Å². The van der Waals surface area contributed by atoms with Crippen LogP contribution in [0.5, 0.6) is 0 Å². The number of rotatable bonds is 5. The minimum atomic E-state index is -3.66. The first-order valence-electron chi connectivity index (χ1n) is 6.57. The predicted molar refractivity (Wildman–Crippen MR) is 82.4 cm³/mol. The molecule has 4 nitrogen and oxygen atoms in total. The molecule has 0 radical (unpaired) electrons. The van der Waals surface area contributed by atoms with Crippen LogP contribution in [0.3, 0.4) is 0 Å². The maximum absolute atomic E-state index is 12.7. The van der Waals surface area contributed by atoms with Crippen LogP contribution in [0, 0.1) is 18.3 Å². The van der Waals surface area contributed by atoms with Gasteiger partial charge >= 0.3 is 0 Å². The van der Waals surface area contributed by atoms with Crippen molar-refractivity contribution in [2.24, 2.45) is 0 Å². The summed E-state index contributed by atoms with van der Waals surface area (Å²) in [6.07, 6.45) is 0.139. The highest BCUT2D eigenvalue weighted by Crippen LogP contribution is 2.24. The number of nitrogens with zero attached hydrogens (tertiary/aromatic N) is 2. The van der Waals surface area contributed by atoms with Crippen LogP contribution in [0.1, 0.15) is 12.0 Å². The summed E-state index contributed by atoms with van der Waals surface area (Å²) in [5.74, 6) is 0. The SMILES string of the molecule is Cc1ccc(N(CCC#N)S(=O)(=O)c2ccccc2)cc1. The lowest BCUT2D eigenvalue weighted by atomic mass is 10.2. The average Bonchev–Trinajstić information content (AvgIpc) is 2.50. The highest BCUT2D eigenvalue weighted by Gasteiger charge is 2.24. The Kier molecular flexibility index (Phi) is 4.61. The average molecular weight is 300 g/mol. The van der Waals surface area contributed by atoms with E-state index in [0.29, 0.717) is 5.69 Å². The quantitative estimate of drug-likeness (QED) is 0.852. The molecule has 21 heavy (non-hydrogen) atoms. The van der Waals surface area contributed by atoms with E-state index >= 15 is 0 Å². The highest BCUT2D eigenvalue weighted by molar-refractivity contribution is 7.92. The van der Waals surface area contributed by atoms with Gasteiger partial charge in [0.1, 0.15) is 0 Å². The smallest absolute Gasteiger partial charge is 0.264 e. The van der Waals surface area contributed by atoms with Crippen LogP contribution in [-0.4, -0.2) is 15.0 Å². The zero-order chi connectivity index (χ0) is 15.3. The van der Waals surface area contributed by atoms with Gasteiger partial charge in [0.05, 0.1) is 23.1 Å². The molecule has 2 aromatic carbocycles. The Bertz CT molecular complexity index is 732. The van der Waals surface area contributed by atoms with Crippen LogP contribution in [0.2, 0.25) is 0 Å². The minimum Gasteiger partial charge on any atom is -0.265 e. The summed E-state index contributed by atoms with van der Waals surface area (Å²) in [5, 5.41) is 8.77. The van der Waals surface area contributed by atoms with Crippen LogP contribution in [0.4, 0.5) is 5.69 Å². The van der Waals surface area contributed by atoms with Gasteiger partial charge in [-0.3, -0.25) is 4.31 Å². The Hall–Kier alpha value is -2.32. The Morgan fingerprint density at radius 3 is 2.24 bits per heavy atom. The Morgan fingerprint density at radius 2 is 1.67 bits per heavy atom. The predicted octanol–water partition coefficient (Wildman–Crippen LogP) is 3.10. The second kappa shape index (κ2) is 6.42. The molecule has 0 N–H and O–H groups in total. The molecule has 0 aliphatic rings. The van der Waals surface area contributed by atoms with E-state index in [2.05, 4.69) is 0 Å². The van der Waals surface area contributed by atoms with E-state index in [0.717, 1.165) is 5.56 Å². The normalized spacial score (nSPS) is 10.9. The molecule has 0 atom stereocenters. The molecule has 0 amide bonds. The molecule has 0 aromatic heterocycles. The van der Waals surface area contributed by atoms with Gasteiger partial charge in [-0.1, -0.05) is 35.9 Å². The first-order chi connectivity index (χ1) is 10.1. The fourth-order valence-electron chi connectivity index (χ4n) is 1.97. The van der Waals surface area contributed by atoms with E-state index in [4.69, 9.17) is 5.26 Å². The topological polar surface area (TPSA) is 61.2 Å². The molecule has 108 valence electrons. The molecule has 0 saturated carbocycles. The summed E-state index contributed by atoms with van der Waals surface area (Å²) < 4.78 is 26.8. The van der Waals surface area contributed by atoms with Gasteiger partial charge < -0.3 is 0 Å². The zero-order valence-electron chi connectivity index (χ0n) is 11.7. The van der Waals surface area contributed by atoms with E-state index in [1.54, 1.807) is 42.5 Å². The maximum Gasteiger partial charge on any atom is 0.264 e. The lowest BCUT2D eigenvalue weighted by Gasteiger charge is -2.23. The van der Waals surface area contributed by atoms with E-state index in [1.807, 2.05) is 25.1 Å². The second-order valence-electron chi connectivity index (χ2n) is 4.63.